The van der Waals surface area contributed by atoms with Crippen molar-refractivity contribution in [3.63, 3.8) is 0 Å². The van der Waals surface area contributed by atoms with Gasteiger partial charge in [-0.05, 0) is 11.6 Å². The van der Waals surface area contributed by atoms with Crippen molar-refractivity contribution >= 4 is 63.0 Å². The molecule has 0 bridgehead atoms. The fourth-order valence-corrected chi connectivity index (χ4v) is 1.55. The van der Waals surface area contributed by atoms with E-state index in [1.807, 2.05) is 0 Å². The molecule has 0 fully saturated rings. The van der Waals surface area contributed by atoms with Crippen LogP contribution < -0.4 is 0 Å². The zero-order chi connectivity index (χ0) is 27.7. The second-order valence-corrected chi connectivity index (χ2v) is 6.05. The van der Waals surface area contributed by atoms with Crippen LogP contribution in [-0.2, 0) is 4.74 Å². The van der Waals surface area contributed by atoms with Crippen LogP contribution in [0.15, 0.2) is 0 Å². The van der Waals surface area contributed by atoms with E-state index >= 15 is 0 Å². The van der Waals surface area contributed by atoms with Crippen molar-refractivity contribution in [3.05, 3.63) is 0 Å². The zero-order valence-corrected chi connectivity index (χ0v) is 18.6. The quantitative estimate of drug-likeness (QED) is 0.155. The van der Waals surface area contributed by atoms with Crippen molar-refractivity contribution in [2.45, 2.75) is 59.3 Å². The average molecular weight is 610 g/mol. The van der Waals surface area contributed by atoms with Crippen LogP contribution in [-0.4, -0.2) is 111 Å². The molecule has 0 rings (SSSR count). The van der Waals surface area contributed by atoms with E-state index in [1.165, 1.54) is 0 Å². The van der Waals surface area contributed by atoms with E-state index in [0.717, 1.165) is 4.74 Å². The minimum absolute atomic E-state index is 0. The van der Waals surface area contributed by atoms with Gasteiger partial charge in [0.1, 0.15) is 0 Å². The Bertz CT molecular complexity index is 720. The van der Waals surface area contributed by atoms with Crippen molar-refractivity contribution in [2.24, 2.45) is 0 Å². The van der Waals surface area contributed by atoms with Gasteiger partial charge in [-0.2, -0.15) is 92.2 Å². The first-order valence-electron chi connectivity index (χ1n) is 6.57. The molecule has 0 aliphatic heterocycles. The number of ether oxygens (including phenoxy) is 1. The fourth-order valence-electron chi connectivity index (χ4n) is 1.43. The summed E-state index contributed by atoms with van der Waals surface area (Å²) in [5.74, 6) is -52.3. The second kappa shape index (κ2) is 9.31. The Hall–Kier alpha value is 0.416. The SMILES string of the molecule is FC(F)(F)C(F)(F)OC(F)(F)C(F)(F)C(F)(F)C(F)(F)C(F)(F)C(F)(F)C(F)(F)C(F)(F)Cl.[K]. The molecule has 0 aromatic rings. The van der Waals surface area contributed by atoms with Gasteiger partial charge in [0.2, 0.25) is 0 Å². The van der Waals surface area contributed by atoms with Gasteiger partial charge in [0.15, 0.2) is 0 Å². The van der Waals surface area contributed by atoms with Crippen LogP contribution in [0.3, 0.4) is 0 Å². The zero-order valence-electron chi connectivity index (χ0n) is 14.7. The third-order valence-electron chi connectivity index (χ3n) is 3.28. The molecular formula is C10ClF21KO. The van der Waals surface area contributed by atoms with E-state index in [2.05, 4.69) is 11.6 Å². The Kier molecular flexibility index (Phi) is 10.0. The van der Waals surface area contributed by atoms with Gasteiger partial charge in [-0.3, -0.25) is 0 Å². The molecule has 0 aromatic heterocycles. The van der Waals surface area contributed by atoms with Crippen LogP contribution in [0.2, 0.25) is 0 Å². The molecule has 1 nitrogen and oxygen atoms in total. The molecule has 0 unspecified atom stereocenters. The number of rotatable bonds is 9. The number of alkyl halides is 22. The number of hydrogen-bond donors (Lipinski definition) is 0. The van der Waals surface area contributed by atoms with Crippen LogP contribution in [0.5, 0.6) is 0 Å². The monoisotopic (exact) mass is 609 g/mol. The van der Waals surface area contributed by atoms with Crippen LogP contribution >= 0.6 is 11.6 Å². The Balaban J connectivity index is 0. The van der Waals surface area contributed by atoms with Gasteiger partial charge in [-0.15, -0.1) is 0 Å². The third kappa shape index (κ3) is 5.20. The molecule has 0 atom stereocenters. The summed E-state index contributed by atoms with van der Waals surface area (Å²) < 4.78 is 268. The number of hydrogen-bond acceptors (Lipinski definition) is 1. The summed E-state index contributed by atoms with van der Waals surface area (Å²) in [5, 5.41) is -7.03. The third-order valence-corrected chi connectivity index (χ3v) is 3.52. The van der Waals surface area contributed by atoms with Crippen molar-refractivity contribution in [1.82, 2.24) is 0 Å². The first kappa shape index (κ1) is 36.6. The standard InChI is InChI=1S/C10ClF21O.K/c11-7(24,25)5(20,21)3(16,17)1(12,13)2(14,15)4(18,19)6(22,23)9(29,30)33-10(31,32)8(26,27)28;. The molecule has 1 radical (unpaired) electrons. The van der Waals surface area contributed by atoms with Gasteiger partial charge in [0.25, 0.3) is 0 Å². The maximum absolute atomic E-state index is 13.2. The summed E-state index contributed by atoms with van der Waals surface area (Å²) in [6.07, 6.45) is -23.4. The molecule has 0 aliphatic carbocycles. The molecule has 0 saturated heterocycles. The first-order chi connectivity index (χ1) is 13.7. The average Bonchev–Trinajstić information content (AvgIpc) is 2.50. The predicted molar refractivity (Wildman–Crippen MR) is 63.3 cm³/mol. The molecule has 0 amide bonds. The maximum Gasteiger partial charge on any atom is 0.483 e. The van der Waals surface area contributed by atoms with Crippen LogP contribution in [0.4, 0.5) is 92.2 Å². The van der Waals surface area contributed by atoms with Gasteiger partial charge in [0, 0.05) is 51.4 Å². The fraction of sp³-hybridized carbons (Fsp3) is 1.00. The van der Waals surface area contributed by atoms with Crippen molar-refractivity contribution in [2.75, 3.05) is 0 Å². The summed E-state index contributed by atoms with van der Waals surface area (Å²) >= 11 is 3.25. The van der Waals surface area contributed by atoms with E-state index in [0.29, 0.717) is 0 Å². The van der Waals surface area contributed by atoms with E-state index in [9.17, 15) is 92.2 Å². The van der Waals surface area contributed by atoms with Crippen LogP contribution in [0.25, 0.3) is 0 Å². The summed E-state index contributed by atoms with van der Waals surface area (Å²) in [7, 11) is 0. The first-order valence-corrected chi connectivity index (χ1v) is 6.94. The molecule has 24 heteroatoms. The van der Waals surface area contributed by atoms with Gasteiger partial charge in [-0.1, -0.05) is 0 Å². The minimum atomic E-state index is -9.03. The van der Waals surface area contributed by atoms with Crippen molar-refractivity contribution in [3.8, 4) is 0 Å². The summed E-state index contributed by atoms with van der Waals surface area (Å²) in [6, 6.07) is 0. The van der Waals surface area contributed by atoms with E-state index in [4.69, 9.17) is 0 Å². The molecule has 0 aliphatic rings. The van der Waals surface area contributed by atoms with Crippen LogP contribution in [0.1, 0.15) is 0 Å². The van der Waals surface area contributed by atoms with E-state index in [-0.39, 0.29) is 51.4 Å². The molecule has 0 heterocycles. The molecule has 0 aromatic carbocycles. The summed E-state index contributed by atoms with van der Waals surface area (Å²) in [4.78, 5) is 0. The Morgan fingerprint density at radius 3 is 0.824 bits per heavy atom. The predicted octanol–water partition coefficient (Wildman–Crippen LogP) is 7.01. The second-order valence-electron chi connectivity index (χ2n) is 5.58. The Morgan fingerprint density at radius 2 is 0.588 bits per heavy atom. The van der Waals surface area contributed by atoms with Crippen LogP contribution in [0, 0.1) is 0 Å². The van der Waals surface area contributed by atoms with Crippen molar-refractivity contribution < 1.29 is 96.9 Å². The van der Waals surface area contributed by atoms with Crippen molar-refractivity contribution in [1.29, 1.82) is 0 Å². The molecule has 201 valence electrons. The molecule has 0 spiro atoms. The summed E-state index contributed by atoms with van der Waals surface area (Å²) in [6.45, 7) is 0. The topological polar surface area (TPSA) is 9.23 Å². The molecule has 0 saturated carbocycles. The minimum Gasteiger partial charge on any atom is -0.243 e. The van der Waals surface area contributed by atoms with Gasteiger partial charge < -0.3 is 0 Å². The summed E-state index contributed by atoms with van der Waals surface area (Å²) in [5.41, 5.74) is 0. The number of halogens is 22. The normalized spacial score (nSPS) is 16.4. The maximum atomic E-state index is 13.2. The smallest absolute Gasteiger partial charge is 0.243 e. The molecule has 0 N–H and O–H groups in total. The molecule has 34 heavy (non-hydrogen) atoms. The van der Waals surface area contributed by atoms with E-state index < -0.39 is 59.3 Å². The molecular weight excluding hydrogens is 610 g/mol. The Labute approximate surface area is 218 Å². The van der Waals surface area contributed by atoms with Gasteiger partial charge in [0.05, 0.1) is 0 Å². The van der Waals surface area contributed by atoms with Gasteiger partial charge in [-0.25, -0.2) is 4.74 Å². The van der Waals surface area contributed by atoms with Gasteiger partial charge >= 0.3 is 59.3 Å². The van der Waals surface area contributed by atoms with E-state index in [1.54, 1.807) is 0 Å². The Morgan fingerprint density at radius 1 is 0.353 bits per heavy atom. The largest absolute Gasteiger partial charge is 0.483 e.